The van der Waals surface area contributed by atoms with Gasteiger partial charge in [-0.05, 0) is 40.5 Å². The molecular formula is C26H31N3O6. The summed E-state index contributed by atoms with van der Waals surface area (Å²) in [5.74, 6) is 0.344. The van der Waals surface area contributed by atoms with E-state index in [1.807, 2.05) is 25.1 Å². The Morgan fingerprint density at radius 2 is 1.74 bits per heavy atom. The van der Waals surface area contributed by atoms with E-state index in [0.717, 1.165) is 4.90 Å². The number of ketones is 1. The van der Waals surface area contributed by atoms with Crippen LogP contribution in [-0.2, 0) is 22.4 Å². The Bertz CT molecular complexity index is 1170. The minimum absolute atomic E-state index is 0.00845. The van der Waals surface area contributed by atoms with E-state index in [2.05, 4.69) is 9.97 Å². The molecule has 0 spiro atoms. The molecule has 3 aromatic rings. The highest BCUT2D eigenvalue weighted by Crippen LogP contribution is 2.29. The predicted octanol–water partition coefficient (Wildman–Crippen LogP) is 5.78. The van der Waals surface area contributed by atoms with E-state index in [0.29, 0.717) is 49.4 Å². The molecule has 0 unspecified atom stereocenters. The van der Waals surface area contributed by atoms with Gasteiger partial charge in [-0.3, -0.25) is 4.79 Å². The summed E-state index contributed by atoms with van der Waals surface area (Å²) in [6.07, 6.45) is 3.12. The van der Waals surface area contributed by atoms with Crippen LogP contribution in [0.4, 0.5) is 10.6 Å². The normalized spacial score (nSPS) is 11.3. The Kier molecular flexibility index (Phi) is 8.22. The molecule has 0 saturated heterocycles. The van der Waals surface area contributed by atoms with Crippen LogP contribution in [0.25, 0.3) is 11.3 Å². The minimum Gasteiger partial charge on any atom is -0.447 e. The maximum atomic E-state index is 13.7. The first-order valence-corrected chi connectivity index (χ1v) is 11.7. The smallest absolute Gasteiger partial charge is 0.423 e. The van der Waals surface area contributed by atoms with Crippen LogP contribution in [0, 0.1) is 0 Å². The van der Waals surface area contributed by atoms with Crippen molar-refractivity contribution in [3.63, 3.8) is 0 Å². The number of rotatable bonds is 9. The van der Waals surface area contributed by atoms with E-state index in [9.17, 15) is 14.4 Å². The van der Waals surface area contributed by atoms with Crippen molar-refractivity contribution in [3.8, 4) is 11.3 Å². The van der Waals surface area contributed by atoms with Crippen LogP contribution in [0.1, 0.15) is 76.2 Å². The van der Waals surface area contributed by atoms with Crippen molar-refractivity contribution < 1.29 is 28.0 Å². The van der Waals surface area contributed by atoms with Crippen LogP contribution < -0.4 is 4.90 Å². The van der Waals surface area contributed by atoms with Gasteiger partial charge in [0, 0.05) is 24.8 Å². The van der Waals surface area contributed by atoms with Gasteiger partial charge in [-0.2, -0.15) is 9.88 Å². The number of oxazole rings is 2. The topological polar surface area (TPSA) is 116 Å². The number of Topliss-reactive ketones (excluding diaryl/α,β-unsaturated/α-hetero) is 1. The first-order valence-electron chi connectivity index (χ1n) is 11.7. The summed E-state index contributed by atoms with van der Waals surface area (Å²) in [7, 11) is 0. The number of hydrogen-bond donors (Lipinski definition) is 0. The summed E-state index contributed by atoms with van der Waals surface area (Å²) >= 11 is 0. The highest BCUT2D eigenvalue weighted by molar-refractivity contribution is 6.19. The van der Waals surface area contributed by atoms with E-state index in [1.165, 1.54) is 6.26 Å². The summed E-state index contributed by atoms with van der Waals surface area (Å²) in [6.45, 7) is 8.52. The fourth-order valence-corrected chi connectivity index (χ4v) is 3.31. The number of anilines is 1. The second kappa shape index (κ2) is 11.1. The van der Waals surface area contributed by atoms with Crippen LogP contribution in [0.5, 0.6) is 0 Å². The number of ether oxygens (including phenoxy) is 1. The number of amides is 2. The molecule has 0 aliphatic rings. The third kappa shape index (κ3) is 6.88. The molecule has 0 aliphatic carbocycles. The molecule has 186 valence electrons. The number of hydrogen-bond acceptors (Lipinski definition) is 8. The zero-order valence-corrected chi connectivity index (χ0v) is 20.8. The molecule has 0 aliphatic heterocycles. The minimum atomic E-state index is -0.904. The molecule has 1 aromatic carbocycles. The number of benzene rings is 1. The number of carbonyl (C=O) groups excluding carboxylic acids is 3. The van der Waals surface area contributed by atoms with Gasteiger partial charge in [-0.25, -0.2) is 9.78 Å². The molecule has 0 bridgehead atoms. The molecular weight excluding hydrogens is 450 g/mol. The molecule has 0 saturated carbocycles. The lowest BCUT2D eigenvalue weighted by Crippen LogP contribution is -2.41. The Morgan fingerprint density at radius 1 is 1.03 bits per heavy atom. The van der Waals surface area contributed by atoms with Crippen LogP contribution in [0.3, 0.4) is 0 Å². The van der Waals surface area contributed by atoms with Gasteiger partial charge in [-0.1, -0.05) is 37.3 Å². The van der Waals surface area contributed by atoms with Gasteiger partial charge in [0.2, 0.25) is 0 Å². The van der Waals surface area contributed by atoms with Crippen LogP contribution >= 0.6 is 0 Å². The molecule has 2 amide bonds. The van der Waals surface area contributed by atoms with Gasteiger partial charge in [0.05, 0.1) is 0 Å². The SMILES string of the molecule is CCc1nc(C(=O)N(C(=O)OC(C)(C)C)c2coc(CCCCC(C)=O)n2)c(-c2ccccc2)o1. The van der Waals surface area contributed by atoms with Crippen molar-refractivity contribution in [1.29, 1.82) is 0 Å². The van der Waals surface area contributed by atoms with Gasteiger partial charge in [0.25, 0.3) is 5.91 Å². The van der Waals surface area contributed by atoms with E-state index in [-0.39, 0.29) is 23.1 Å². The number of unbranched alkanes of at least 4 members (excludes halogenated alkanes) is 1. The van der Waals surface area contributed by atoms with Crippen LogP contribution in [0.15, 0.2) is 45.4 Å². The fraction of sp³-hybridized carbons (Fsp3) is 0.423. The van der Waals surface area contributed by atoms with Gasteiger partial charge < -0.3 is 18.4 Å². The third-order valence-corrected chi connectivity index (χ3v) is 4.93. The zero-order chi connectivity index (χ0) is 25.6. The molecule has 3 rings (SSSR count). The number of carbonyl (C=O) groups is 3. The molecule has 35 heavy (non-hydrogen) atoms. The van der Waals surface area contributed by atoms with Crippen molar-refractivity contribution >= 4 is 23.6 Å². The second-order valence-electron chi connectivity index (χ2n) is 9.13. The Balaban J connectivity index is 1.96. The third-order valence-electron chi connectivity index (χ3n) is 4.93. The molecule has 9 heteroatoms. The lowest BCUT2D eigenvalue weighted by molar-refractivity contribution is -0.117. The average molecular weight is 482 g/mol. The molecule has 9 nitrogen and oxygen atoms in total. The van der Waals surface area contributed by atoms with E-state index in [4.69, 9.17) is 13.6 Å². The number of imide groups is 1. The first kappa shape index (κ1) is 25.9. The van der Waals surface area contributed by atoms with Gasteiger partial charge >= 0.3 is 6.09 Å². The molecule has 0 fully saturated rings. The second-order valence-corrected chi connectivity index (χ2v) is 9.13. The summed E-state index contributed by atoms with van der Waals surface area (Å²) < 4.78 is 16.9. The lowest BCUT2D eigenvalue weighted by Gasteiger charge is -2.24. The number of aryl methyl sites for hydroxylation is 2. The molecule has 0 atom stereocenters. The van der Waals surface area contributed by atoms with Gasteiger partial charge in [-0.15, -0.1) is 0 Å². The lowest BCUT2D eigenvalue weighted by atomic mass is 10.1. The van der Waals surface area contributed by atoms with Crippen molar-refractivity contribution in [2.45, 2.75) is 72.3 Å². The predicted molar refractivity (Wildman–Crippen MR) is 129 cm³/mol. The highest BCUT2D eigenvalue weighted by Gasteiger charge is 2.35. The van der Waals surface area contributed by atoms with Crippen molar-refractivity contribution in [1.82, 2.24) is 9.97 Å². The summed E-state index contributed by atoms with van der Waals surface area (Å²) in [5, 5.41) is 0. The molecule has 2 heterocycles. The Hall–Kier alpha value is -3.75. The Labute approximate surface area is 204 Å². The average Bonchev–Trinajstić information content (AvgIpc) is 3.43. The van der Waals surface area contributed by atoms with E-state index < -0.39 is 17.6 Å². The monoisotopic (exact) mass is 481 g/mol. The largest absolute Gasteiger partial charge is 0.447 e. The molecule has 0 radical (unpaired) electrons. The van der Waals surface area contributed by atoms with Crippen LogP contribution in [-0.4, -0.2) is 33.4 Å². The number of aromatic nitrogens is 2. The number of nitrogens with zero attached hydrogens (tertiary/aromatic N) is 3. The maximum Gasteiger partial charge on any atom is 0.423 e. The van der Waals surface area contributed by atoms with E-state index in [1.54, 1.807) is 39.8 Å². The Morgan fingerprint density at radius 3 is 2.37 bits per heavy atom. The van der Waals surface area contributed by atoms with Gasteiger partial charge in [0.15, 0.2) is 29.1 Å². The summed E-state index contributed by atoms with van der Waals surface area (Å²) in [5.41, 5.74) is -0.223. The maximum absolute atomic E-state index is 13.7. The van der Waals surface area contributed by atoms with Gasteiger partial charge in [0.1, 0.15) is 17.6 Å². The summed E-state index contributed by atoms with van der Waals surface area (Å²) in [4.78, 5) is 47.5. The quantitative estimate of drug-likeness (QED) is 0.353. The van der Waals surface area contributed by atoms with Crippen molar-refractivity contribution in [3.05, 3.63) is 54.1 Å². The zero-order valence-electron chi connectivity index (χ0n) is 20.8. The highest BCUT2D eigenvalue weighted by atomic mass is 16.6. The molecule has 0 N–H and O–H groups in total. The van der Waals surface area contributed by atoms with E-state index >= 15 is 0 Å². The van der Waals surface area contributed by atoms with Crippen LogP contribution in [0.2, 0.25) is 0 Å². The first-order chi connectivity index (χ1) is 16.6. The summed E-state index contributed by atoms with van der Waals surface area (Å²) in [6, 6.07) is 9.08. The standard InChI is InChI=1S/C26H31N3O6/c1-6-20-28-22(23(34-20)18-13-8-7-9-14-18)24(31)29(25(32)35-26(3,4)5)19-16-33-21(27-19)15-11-10-12-17(2)30/h7-9,13-14,16H,6,10-12,15H2,1-5H3. The fourth-order valence-electron chi connectivity index (χ4n) is 3.31. The van der Waals surface area contributed by atoms with Crippen molar-refractivity contribution in [2.24, 2.45) is 0 Å². The molecule has 2 aromatic heterocycles. The van der Waals surface area contributed by atoms with Crippen molar-refractivity contribution in [2.75, 3.05) is 4.90 Å².